The van der Waals surface area contributed by atoms with E-state index in [-0.39, 0.29) is 17.4 Å². The zero-order chi connectivity index (χ0) is 14.1. The highest BCUT2D eigenvalue weighted by molar-refractivity contribution is 7.14. The molecule has 1 aliphatic carbocycles. The molecule has 0 spiro atoms. The lowest BCUT2D eigenvalue weighted by Crippen LogP contribution is -2.40. The lowest BCUT2D eigenvalue weighted by atomic mass is 9.86. The van der Waals surface area contributed by atoms with Crippen molar-refractivity contribution in [1.29, 1.82) is 0 Å². The number of aromatic nitrogens is 1. The van der Waals surface area contributed by atoms with Gasteiger partial charge in [-0.05, 0) is 26.2 Å². The van der Waals surface area contributed by atoms with Gasteiger partial charge in [0.2, 0.25) is 0 Å². The van der Waals surface area contributed by atoms with Crippen molar-refractivity contribution in [3.05, 3.63) is 34.5 Å². The van der Waals surface area contributed by atoms with Gasteiger partial charge >= 0.3 is 0 Å². The summed E-state index contributed by atoms with van der Waals surface area (Å²) < 4.78 is 0. The number of ketones is 1. The van der Waals surface area contributed by atoms with Crippen LogP contribution >= 0.6 is 11.3 Å². The Morgan fingerprint density at radius 3 is 3.15 bits per heavy atom. The molecule has 1 aromatic rings. The Hall–Kier alpha value is -1.95. The number of hydrogen-bond donors (Lipinski definition) is 2. The minimum atomic E-state index is -0.401. The molecule has 1 aromatic heterocycles. The van der Waals surface area contributed by atoms with Gasteiger partial charge in [-0.1, -0.05) is 6.08 Å². The topological polar surface area (TPSA) is 71.1 Å². The summed E-state index contributed by atoms with van der Waals surface area (Å²) in [6.07, 6.45) is 6.39. The fourth-order valence-electron chi connectivity index (χ4n) is 2.45. The summed E-state index contributed by atoms with van der Waals surface area (Å²) in [5, 5.41) is 8.18. The van der Waals surface area contributed by atoms with Gasteiger partial charge in [-0.25, -0.2) is 4.98 Å². The average molecular weight is 289 g/mol. The minimum Gasteiger partial charge on any atom is -0.383 e. The smallest absolute Gasteiger partial charge is 0.262 e. The number of fused-ring (bicyclic) bond motifs is 1. The summed E-state index contributed by atoms with van der Waals surface area (Å²) in [4.78, 5) is 28.7. The standard InChI is InChI=1S/C14H15N3O2S/c1-8-7-20-14(16-8)17-13(19)10-6-15-11-5-3-2-4-9(11)12(10)18/h4,6-7,11,15H,2-3,5H2,1H3,(H,16,17,19). The van der Waals surface area contributed by atoms with E-state index in [4.69, 9.17) is 0 Å². The van der Waals surface area contributed by atoms with E-state index >= 15 is 0 Å². The first-order valence-electron chi connectivity index (χ1n) is 6.59. The van der Waals surface area contributed by atoms with E-state index in [1.54, 1.807) is 0 Å². The highest BCUT2D eigenvalue weighted by atomic mass is 32.1. The lowest BCUT2D eigenvalue weighted by Gasteiger charge is -2.28. The summed E-state index contributed by atoms with van der Waals surface area (Å²) in [6.45, 7) is 1.86. The maximum absolute atomic E-state index is 12.3. The zero-order valence-corrected chi connectivity index (χ0v) is 11.9. The Morgan fingerprint density at radius 2 is 2.40 bits per heavy atom. The predicted molar refractivity (Wildman–Crippen MR) is 77.4 cm³/mol. The number of nitrogens with zero attached hydrogens (tertiary/aromatic N) is 1. The molecule has 6 heteroatoms. The number of thiazole rings is 1. The molecule has 2 heterocycles. The van der Waals surface area contributed by atoms with Gasteiger partial charge in [0.15, 0.2) is 10.9 Å². The summed E-state index contributed by atoms with van der Waals surface area (Å²) >= 11 is 1.35. The van der Waals surface area contributed by atoms with Crippen LogP contribution in [-0.4, -0.2) is 22.7 Å². The van der Waals surface area contributed by atoms with Crippen molar-refractivity contribution in [2.75, 3.05) is 5.32 Å². The molecule has 1 atom stereocenters. The second-order valence-electron chi connectivity index (χ2n) is 4.94. The van der Waals surface area contributed by atoms with E-state index in [2.05, 4.69) is 15.6 Å². The first-order chi connectivity index (χ1) is 9.65. The largest absolute Gasteiger partial charge is 0.383 e. The molecule has 2 aliphatic rings. The van der Waals surface area contributed by atoms with E-state index in [9.17, 15) is 9.59 Å². The van der Waals surface area contributed by atoms with Crippen LogP contribution in [0.5, 0.6) is 0 Å². The van der Waals surface area contributed by atoms with Gasteiger partial charge in [0.25, 0.3) is 5.91 Å². The van der Waals surface area contributed by atoms with E-state index in [1.807, 2.05) is 18.4 Å². The van der Waals surface area contributed by atoms with E-state index in [0.29, 0.717) is 5.13 Å². The molecule has 1 amide bonds. The van der Waals surface area contributed by atoms with Gasteiger partial charge in [-0.2, -0.15) is 0 Å². The molecule has 0 saturated carbocycles. The number of carbonyl (C=O) groups excluding carboxylic acids is 2. The molecule has 0 saturated heterocycles. The van der Waals surface area contributed by atoms with E-state index in [1.165, 1.54) is 17.5 Å². The van der Waals surface area contributed by atoms with Crippen molar-refractivity contribution >= 4 is 28.2 Å². The number of nitrogens with one attached hydrogen (secondary N) is 2. The van der Waals surface area contributed by atoms with Crippen LogP contribution in [0.2, 0.25) is 0 Å². The SMILES string of the molecule is Cc1csc(NC(=O)C2=CNC3CCCC=C3C2=O)n1. The third kappa shape index (κ3) is 2.38. The molecule has 2 N–H and O–H groups in total. The molecule has 5 nitrogen and oxygen atoms in total. The Morgan fingerprint density at radius 1 is 1.55 bits per heavy atom. The van der Waals surface area contributed by atoms with Crippen LogP contribution in [0, 0.1) is 6.92 Å². The fourth-order valence-corrected chi connectivity index (χ4v) is 3.13. The van der Waals surface area contributed by atoms with Crippen molar-refractivity contribution in [3.63, 3.8) is 0 Å². The quantitative estimate of drug-likeness (QED) is 0.816. The number of amides is 1. The molecule has 0 radical (unpaired) electrons. The van der Waals surface area contributed by atoms with Gasteiger partial charge in [0, 0.05) is 17.2 Å². The molecule has 104 valence electrons. The normalized spacial score (nSPS) is 21.4. The van der Waals surface area contributed by atoms with E-state index in [0.717, 1.165) is 30.5 Å². The third-order valence-corrected chi connectivity index (χ3v) is 4.33. The van der Waals surface area contributed by atoms with E-state index < -0.39 is 5.91 Å². The van der Waals surface area contributed by atoms with Gasteiger partial charge in [0.05, 0.1) is 11.7 Å². The van der Waals surface area contributed by atoms with Crippen molar-refractivity contribution in [1.82, 2.24) is 10.3 Å². The van der Waals surface area contributed by atoms with Crippen LogP contribution in [0.15, 0.2) is 28.8 Å². The number of Topliss-reactive ketones (excluding diaryl/α,β-unsaturated/α-hetero) is 1. The van der Waals surface area contributed by atoms with Crippen LogP contribution in [0.4, 0.5) is 5.13 Å². The summed E-state index contributed by atoms with van der Waals surface area (Å²) in [7, 11) is 0. The molecule has 0 aromatic carbocycles. The van der Waals surface area contributed by atoms with Crippen LogP contribution in [-0.2, 0) is 9.59 Å². The maximum Gasteiger partial charge on any atom is 0.262 e. The van der Waals surface area contributed by atoms with Gasteiger partial charge < -0.3 is 5.32 Å². The van der Waals surface area contributed by atoms with Crippen molar-refractivity contribution in [3.8, 4) is 0 Å². The number of allylic oxidation sites excluding steroid dienone is 1. The second kappa shape index (κ2) is 5.20. The highest BCUT2D eigenvalue weighted by Crippen LogP contribution is 2.25. The molecule has 1 unspecified atom stereocenters. The number of hydrogen-bond acceptors (Lipinski definition) is 5. The minimum absolute atomic E-state index is 0.0647. The molecular formula is C14H15N3O2S. The Labute approximate surface area is 120 Å². The summed E-state index contributed by atoms with van der Waals surface area (Å²) in [5.74, 6) is -0.569. The van der Waals surface area contributed by atoms with Crippen LogP contribution in [0.25, 0.3) is 0 Å². The van der Waals surface area contributed by atoms with Crippen molar-refractivity contribution in [2.45, 2.75) is 32.2 Å². The number of rotatable bonds is 2. The Kier molecular flexibility index (Phi) is 3.40. The van der Waals surface area contributed by atoms with Crippen LogP contribution in [0.1, 0.15) is 25.0 Å². The Balaban J connectivity index is 1.78. The maximum atomic E-state index is 12.3. The number of anilines is 1. The first kappa shape index (κ1) is 13.1. The number of aryl methyl sites for hydroxylation is 1. The summed E-state index contributed by atoms with van der Waals surface area (Å²) in [5.41, 5.74) is 1.73. The highest BCUT2D eigenvalue weighted by Gasteiger charge is 2.32. The second-order valence-corrected chi connectivity index (χ2v) is 5.80. The fraction of sp³-hybridized carbons (Fsp3) is 0.357. The molecule has 20 heavy (non-hydrogen) atoms. The first-order valence-corrected chi connectivity index (χ1v) is 7.47. The van der Waals surface area contributed by atoms with Crippen LogP contribution in [0.3, 0.4) is 0 Å². The van der Waals surface area contributed by atoms with Crippen LogP contribution < -0.4 is 10.6 Å². The zero-order valence-electron chi connectivity index (χ0n) is 11.1. The monoisotopic (exact) mass is 289 g/mol. The molecule has 0 fully saturated rings. The molecular weight excluding hydrogens is 274 g/mol. The van der Waals surface area contributed by atoms with Crippen molar-refractivity contribution in [2.24, 2.45) is 0 Å². The van der Waals surface area contributed by atoms with Crippen molar-refractivity contribution < 1.29 is 9.59 Å². The van der Waals surface area contributed by atoms with Gasteiger partial charge in [-0.3, -0.25) is 14.9 Å². The van der Waals surface area contributed by atoms with Gasteiger partial charge in [0.1, 0.15) is 5.57 Å². The summed E-state index contributed by atoms with van der Waals surface area (Å²) in [6, 6.07) is 0.0647. The average Bonchev–Trinajstić information content (AvgIpc) is 2.84. The number of carbonyl (C=O) groups is 2. The van der Waals surface area contributed by atoms with Gasteiger partial charge in [-0.15, -0.1) is 11.3 Å². The third-order valence-electron chi connectivity index (χ3n) is 3.46. The molecule has 1 aliphatic heterocycles. The Bertz CT molecular complexity index is 630. The molecule has 0 bridgehead atoms. The lowest BCUT2D eigenvalue weighted by molar-refractivity contribution is -0.118. The molecule has 3 rings (SSSR count). The predicted octanol–water partition coefficient (Wildman–Crippen LogP) is 1.93.